The van der Waals surface area contributed by atoms with Gasteiger partial charge in [0.2, 0.25) is 5.91 Å². The third-order valence-corrected chi connectivity index (χ3v) is 5.00. The molecule has 0 aliphatic carbocycles. The molecule has 2 aromatic rings. The van der Waals surface area contributed by atoms with Gasteiger partial charge in [0, 0.05) is 18.1 Å². The molecular weight excluding hydrogens is 332 g/mol. The van der Waals surface area contributed by atoms with Gasteiger partial charge in [-0.25, -0.2) is 0 Å². The third kappa shape index (κ3) is 3.74. The molecule has 0 radical (unpaired) electrons. The zero-order valence-electron chi connectivity index (χ0n) is 12.5. The molecule has 1 aromatic carbocycles. The van der Waals surface area contributed by atoms with Crippen LogP contribution in [0.5, 0.6) is 0 Å². The van der Waals surface area contributed by atoms with E-state index in [-0.39, 0.29) is 17.9 Å². The monoisotopic (exact) mass is 348 g/mol. The van der Waals surface area contributed by atoms with Crippen LogP contribution in [0.4, 0.5) is 0 Å². The molecule has 0 saturated carbocycles. The van der Waals surface area contributed by atoms with Gasteiger partial charge in [0.1, 0.15) is 6.04 Å². The van der Waals surface area contributed by atoms with Gasteiger partial charge in [0.25, 0.3) is 5.91 Å². The number of hydrogen-bond donors (Lipinski definition) is 1. The number of rotatable bonds is 4. The normalized spacial score (nSPS) is 17.3. The van der Waals surface area contributed by atoms with Gasteiger partial charge in [-0.15, -0.1) is 11.3 Å². The summed E-state index contributed by atoms with van der Waals surface area (Å²) in [6.07, 6.45) is 1.56. The van der Waals surface area contributed by atoms with E-state index < -0.39 is 0 Å². The van der Waals surface area contributed by atoms with Gasteiger partial charge in [-0.1, -0.05) is 29.8 Å². The molecule has 4 nitrogen and oxygen atoms in total. The van der Waals surface area contributed by atoms with E-state index in [1.54, 1.807) is 17.0 Å². The number of carbonyl (C=O) groups excluding carboxylic acids is 2. The molecule has 2 amide bonds. The first-order valence-electron chi connectivity index (χ1n) is 7.52. The van der Waals surface area contributed by atoms with E-state index in [9.17, 15) is 9.59 Å². The van der Waals surface area contributed by atoms with Crippen LogP contribution in [0.15, 0.2) is 41.8 Å². The van der Waals surface area contributed by atoms with Gasteiger partial charge in [0.15, 0.2) is 0 Å². The zero-order valence-corrected chi connectivity index (χ0v) is 14.1. The summed E-state index contributed by atoms with van der Waals surface area (Å²) in [5.41, 5.74) is 0.944. The maximum Gasteiger partial charge on any atom is 0.264 e. The molecule has 2 heterocycles. The van der Waals surface area contributed by atoms with E-state index >= 15 is 0 Å². The molecule has 1 saturated heterocycles. The zero-order chi connectivity index (χ0) is 16.2. The molecule has 1 N–H and O–H groups in total. The fraction of sp³-hybridized carbons (Fsp3) is 0.294. The molecule has 1 aliphatic rings. The lowest BCUT2D eigenvalue weighted by Gasteiger charge is -2.23. The van der Waals surface area contributed by atoms with Gasteiger partial charge in [0.05, 0.1) is 4.88 Å². The summed E-state index contributed by atoms with van der Waals surface area (Å²) in [5, 5.41) is 5.43. The summed E-state index contributed by atoms with van der Waals surface area (Å²) < 4.78 is 0. The summed E-state index contributed by atoms with van der Waals surface area (Å²) in [6.45, 7) is 1.04. The molecule has 0 bridgehead atoms. The Morgan fingerprint density at radius 2 is 2.17 bits per heavy atom. The Morgan fingerprint density at radius 3 is 2.91 bits per heavy atom. The van der Waals surface area contributed by atoms with Gasteiger partial charge in [-0.2, -0.15) is 0 Å². The standard InChI is InChI=1S/C17H17ClN2O2S/c18-13-5-1-4-12(10-13)11-19-16(21)14-6-2-8-20(14)17(22)15-7-3-9-23-15/h1,3-5,7,9-10,14H,2,6,8,11H2,(H,19,21). The second-order valence-corrected chi connectivity index (χ2v) is 6.87. The highest BCUT2D eigenvalue weighted by atomic mass is 35.5. The quantitative estimate of drug-likeness (QED) is 0.921. The number of thiophene rings is 1. The average molecular weight is 349 g/mol. The van der Waals surface area contributed by atoms with Gasteiger partial charge in [-0.3, -0.25) is 9.59 Å². The Morgan fingerprint density at radius 1 is 1.30 bits per heavy atom. The number of amides is 2. The molecular formula is C17H17ClN2O2S. The number of carbonyl (C=O) groups is 2. The molecule has 120 valence electrons. The fourth-order valence-corrected chi connectivity index (χ4v) is 3.67. The Kier molecular flexibility index (Phi) is 4.98. The average Bonchev–Trinajstić information content (AvgIpc) is 3.23. The lowest BCUT2D eigenvalue weighted by atomic mass is 10.2. The molecule has 1 aliphatic heterocycles. The second-order valence-electron chi connectivity index (χ2n) is 5.48. The van der Waals surface area contributed by atoms with Crippen LogP contribution in [0.1, 0.15) is 28.1 Å². The minimum absolute atomic E-state index is 0.0552. The van der Waals surface area contributed by atoms with E-state index in [0.29, 0.717) is 29.4 Å². The molecule has 3 rings (SSSR count). The van der Waals surface area contributed by atoms with Crippen molar-refractivity contribution < 1.29 is 9.59 Å². The van der Waals surface area contributed by atoms with Crippen molar-refractivity contribution in [2.24, 2.45) is 0 Å². The summed E-state index contributed by atoms with van der Waals surface area (Å²) in [5.74, 6) is -0.159. The van der Waals surface area contributed by atoms with Crippen molar-refractivity contribution in [2.45, 2.75) is 25.4 Å². The van der Waals surface area contributed by atoms with Crippen molar-refractivity contribution in [3.63, 3.8) is 0 Å². The van der Waals surface area contributed by atoms with Crippen LogP contribution in [-0.4, -0.2) is 29.3 Å². The first kappa shape index (κ1) is 16.0. The Balaban J connectivity index is 1.63. The number of hydrogen-bond acceptors (Lipinski definition) is 3. The minimum atomic E-state index is -0.385. The maximum atomic E-state index is 12.5. The first-order chi connectivity index (χ1) is 11.1. The summed E-state index contributed by atoms with van der Waals surface area (Å²) in [4.78, 5) is 27.3. The van der Waals surface area contributed by atoms with Crippen molar-refractivity contribution in [1.82, 2.24) is 10.2 Å². The minimum Gasteiger partial charge on any atom is -0.350 e. The van der Waals surface area contributed by atoms with E-state index in [0.717, 1.165) is 12.0 Å². The van der Waals surface area contributed by atoms with Gasteiger partial charge < -0.3 is 10.2 Å². The topological polar surface area (TPSA) is 49.4 Å². The smallest absolute Gasteiger partial charge is 0.264 e. The van der Waals surface area contributed by atoms with Crippen LogP contribution in [0.25, 0.3) is 0 Å². The number of nitrogens with zero attached hydrogens (tertiary/aromatic N) is 1. The van der Waals surface area contributed by atoms with Crippen LogP contribution < -0.4 is 5.32 Å². The predicted octanol–water partition coefficient (Wildman–Crippen LogP) is 3.32. The number of benzene rings is 1. The molecule has 6 heteroatoms. The lowest BCUT2D eigenvalue weighted by Crippen LogP contribution is -2.45. The van der Waals surface area contributed by atoms with Crippen molar-refractivity contribution >= 4 is 34.8 Å². The molecule has 23 heavy (non-hydrogen) atoms. The van der Waals surface area contributed by atoms with Crippen LogP contribution in [-0.2, 0) is 11.3 Å². The Labute approximate surface area is 144 Å². The van der Waals surface area contributed by atoms with Crippen molar-refractivity contribution in [3.05, 3.63) is 57.2 Å². The van der Waals surface area contributed by atoms with E-state index in [2.05, 4.69) is 5.32 Å². The first-order valence-corrected chi connectivity index (χ1v) is 8.77. The van der Waals surface area contributed by atoms with E-state index in [1.807, 2.05) is 29.6 Å². The number of likely N-dealkylation sites (tertiary alicyclic amines) is 1. The maximum absolute atomic E-state index is 12.5. The summed E-state index contributed by atoms with van der Waals surface area (Å²) in [7, 11) is 0. The fourth-order valence-electron chi connectivity index (χ4n) is 2.78. The van der Waals surface area contributed by atoms with Gasteiger partial charge in [-0.05, 0) is 42.0 Å². The van der Waals surface area contributed by atoms with Crippen molar-refractivity contribution in [1.29, 1.82) is 0 Å². The van der Waals surface area contributed by atoms with Crippen LogP contribution in [0.3, 0.4) is 0 Å². The Bertz CT molecular complexity index is 702. The van der Waals surface area contributed by atoms with E-state index in [4.69, 9.17) is 11.6 Å². The highest BCUT2D eigenvalue weighted by Crippen LogP contribution is 2.22. The van der Waals surface area contributed by atoms with Crippen LogP contribution >= 0.6 is 22.9 Å². The highest BCUT2D eigenvalue weighted by Gasteiger charge is 2.34. The van der Waals surface area contributed by atoms with Crippen LogP contribution in [0.2, 0.25) is 5.02 Å². The second kappa shape index (κ2) is 7.15. The predicted molar refractivity (Wildman–Crippen MR) is 91.7 cm³/mol. The highest BCUT2D eigenvalue weighted by molar-refractivity contribution is 7.12. The van der Waals surface area contributed by atoms with E-state index in [1.165, 1.54) is 11.3 Å². The van der Waals surface area contributed by atoms with Crippen molar-refractivity contribution in [2.75, 3.05) is 6.54 Å². The SMILES string of the molecule is O=C(NCc1cccc(Cl)c1)C1CCCN1C(=O)c1cccs1. The summed E-state index contributed by atoms with van der Waals surface area (Å²) in [6, 6.07) is 10.6. The largest absolute Gasteiger partial charge is 0.350 e. The van der Waals surface area contributed by atoms with Crippen molar-refractivity contribution in [3.8, 4) is 0 Å². The summed E-state index contributed by atoms with van der Waals surface area (Å²) >= 11 is 7.35. The third-order valence-electron chi connectivity index (χ3n) is 3.90. The molecule has 1 atom stereocenters. The number of halogens is 1. The molecule has 1 unspecified atom stereocenters. The molecule has 0 spiro atoms. The van der Waals surface area contributed by atoms with Crippen LogP contribution in [0, 0.1) is 0 Å². The lowest BCUT2D eigenvalue weighted by molar-refractivity contribution is -0.125. The number of nitrogens with one attached hydrogen (secondary N) is 1. The molecule has 1 aromatic heterocycles. The van der Waals surface area contributed by atoms with Gasteiger partial charge >= 0.3 is 0 Å². The molecule has 1 fully saturated rings. The Hall–Kier alpha value is -1.85.